The van der Waals surface area contributed by atoms with Gasteiger partial charge in [0.25, 0.3) is 0 Å². The molecule has 4 heteroatoms. The molecule has 3 rings (SSSR count). The third-order valence-corrected chi connectivity index (χ3v) is 3.47. The Morgan fingerprint density at radius 2 is 1.80 bits per heavy atom. The molecule has 0 amide bonds. The van der Waals surface area contributed by atoms with Crippen molar-refractivity contribution in [1.82, 2.24) is 10.2 Å². The summed E-state index contributed by atoms with van der Waals surface area (Å²) in [6.07, 6.45) is 1.66. The van der Waals surface area contributed by atoms with Crippen LogP contribution in [0.25, 0.3) is 10.9 Å². The van der Waals surface area contributed by atoms with E-state index in [0.29, 0.717) is 5.02 Å². The predicted octanol–water partition coefficient (Wildman–Crippen LogP) is 3.94. The Labute approximate surface area is 121 Å². The molecule has 0 aliphatic carbocycles. The van der Waals surface area contributed by atoms with Gasteiger partial charge in [-0.15, -0.1) is 0 Å². The van der Waals surface area contributed by atoms with Crippen LogP contribution in [0.2, 0.25) is 5.02 Å². The summed E-state index contributed by atoms with van der Waals surface area (Å²) in [6.45, 7) is 0. The molecule has 96 valence electrons. The molecule has 1 atom stereocenters. The maximum atomic E-state index is 9.53. The Balaban J connectivity index is 2.17. The van der Waals surface area contributed by atoms with Crippen LogP contribution >= 0.6 is 11.6 Å². The third-order valence-electron chi connectivity index (χ3n) is 3.22. The van der Waals surface area contributed by atoms with Gasteiger partial charge in [-0.2, -0.15) is 15.5 Å². The highest BCUT2D eigenvalue weighted by atomic mass is 35.5. The Kier molecular flexibility index (Phi) is 3.32. The lowest BCUT2D eigenvalue weighted by Crippen LogP contribution is -2.01. The molecule has 3 aromatic rings. The fourth-order valence-corrected chi connectivity index (χ4v) is 2.36. The molecule has 0 saturated heterocycles. The number of aromatic nitrogens is 2. The quantitative estimate of drug-likeness (QED) is 0.714. The molecule has 0 radical (unpaired) electrons. The van der Waals surface area contributed by atoms with E-state index in [9.17, 15) is 5.26 Å². The molecule has 0 unspecified atom stereocenters. The summed E-state index contributed by atoms with van der Waals surface area (Å²) < 4.78 is 0. The average molecular weight is 280 g/mol. The van der Waals surface area contributed by atoms with Gasteiger partial charge in [-0.1, -0.05) is 41.9 Å². The minimum absolute atomic E-state index is 0.382. The minimum atomic E-state index is -0.382. The first-order chi connectivity index (χ1) is 9.79. The van der Waals surface area contributed by atoms with Crippen LogP contribution in [0.1, 0.15) is 17.0 Å². The summed E-state index contributed by atoms with van der Waals surface area (Å²) in [6, 6.07) is 17.3. The molecule has 1 aromatic heterocycles. The highest BCUT2D eigenvalue weighted by molar-refractivity contribution is 6.30. The molecule has 0 fully saturated rings. The largest absolute Gasteiger partial charge is 0.197 e. The summed E-state index contributed by atoms with van der Waals surface area (Å²) in [7, 11) is 0. The highest BCUT2D eigenvalue weighted by Gasteiger charge is 2.16. The zero-order valence-electron chi connectivity index (χ0n) is 10.5. The van der Waals surface area contributed by atoms with Crippen LogP contribution in [-0.2, 0) is 0 Å². The van der Waals surface area contributed by atoms with Gasteiger partial charge in [0.15, 0.2) is 0 Å². The molecule has 1 heterocycles. The number of hydrogen-bond donors (Lipinski definition) is 0. The zero-order chi connectivity index (χ0) is 13.9. The van der Waals surface area contributed by atoms with Crippen molar-refractivity contribution in [3.8, 4) is 6.07 Å². The second kappa shape index (κ2) is 5.28. The van der Waals surface area contributed by atoms with Gasteiger partial charge in [-0.25, -0.2) is 0 Å². The van der Waals surface area contributed by atoms with Gasteiger partial charge in [0.05, 0.1) is 23.7 Å². The van der Waals surface area contributed by atoms with Crippen LogP contribution in [0.3, 0.4) is 0 Å². The number of nitriles is 1. The summed E-state index contributed by atoms with van der Waals surface area (Å²) >= 11 is 5.90. The Morgan fingerprint density at radius 1 is 1.05 bits per heavy atom. The standard InChI is InChI=1S/C16H10ClN3/c17-12-7-5-11(6-8-12)14(9-18)15-10-19-20-16-4-2-1-3-13(15)16/h1-8,10,14H/t14-/m0/s1. The molecule has 3 nitrogen and oxygen atoms in total. The maximum Gasteiger partial charge on any atom is 0.0984 e. The number of hydrogen-bond acceptors (Lipinski definition) is 3. The van der Waals surface area contributed by atoms with E-state index in [1.54, 1.807) is 18.3 Å². The number of halogens is 1. The minimum Gasteiger partial charge on any atom is -0.197 e. The van der Waals surface area contributed by atoms with Crippen LogP contribution in [-0.4, -0.2) is 10.2 Å². The molecule has 2 aromatic carbocycles. The lowest BCUT2D eigenvalue weighted by molar-refractivity contribution is 0.988. The number of fused-ring (bicyclic) bond motifs is 1. The van der Waals surface area contributed by atoms with Crippen LogP contribution in [0, 0.1) is 11.3 Å². The molecule has 0 aliphatic heterocycles. The van der Waals surface area contributed by atoms with Crippen molar-refractivity contribution in [2.24, 2.45) is 0 Å². The molecule has 0 N–H and O–H groups in total. The molecular formula is C16H10ClN3. The van der Waals surface area contributed by atoms with E-state index in [4.69, 9.17) is 11.6 Å². The van der Waals surface area contributed by atoms with Crippen LogP contribution in [0.5, 0.6) is 0 Å². The molecule has 20 heavy (non-hydrogen) atoms. The van der Waals surface area contributed by atoms with Crippen molar-refractivity contribution in [3.63, 3.8) is 0 Å². The molecular weight excluding hydrogens is 270 g/mol. The number of nitrogens with zero attached hydrogens (tertiary/aromatic N) is 3. The van der Waals surface area contributed by atoms with Gasteiger partial charge in [0, 0.05) is 16.0 Å². The van der Waals surface area contributed by atoms with E-state index in [-0.39, 0.29) is 5.92 Å². The SMILES string of the molecule is N#C[C@@H](c1ccc(Cl)cc1)c1cnnc2ccccc12. The third kappa shape index (κ3) is 2.22. The van der Waals surface area contributed by atoms with Gasteiger partial charge in [0.1, 0.15) is 0 Å². The summed E-state index contributed by atoms with van der Waals surface area (Å²) in [4.78, 5) is 0. The van der Waals surface area contributed by atoms with Crippen LogP contribution < -0.4 is 0 Å². The topological polar surface area (TPSA) is 49.6 Å². The Morgan fingerprint density at radius 3 is 2.55 bits per heavy atom. The van der Waals surface area contributed by atoms with Gasteiger partial charge < -0.3 is 0 Å². The van der Waals surface area contributed by atoms with Crippen molar-refractivity contribution in [2.45, 2.75) is 5.92 Å². The van der Waals surface area contributed by atoms with Gasteiger partial charge in [0.2, 0.25) is 0 Å². The monoisotopic (exact) mass is 279 g/mol. The van der Waals surface area contributed by atoms with Gasteiger partial charge >= 0.3 is 0 Å². The van der Waals surface area contributed by atoms with Crippen molar-refractivity contribution in [3.05, 3.63) is 70.9 Å². The van der Waals surface area contributed by atoms with Crippen LogP contribution in [0.15, 0.2) is 54.7 Å². The average Bonchev–Trinajstić information content (AvgIpc) is 2.50. The molecule has 0 aliphatic rings. The van der Waals surface area contributed by atoms with E-state index < -0.39 is 0 Å². The van der Waals surface area contributed by atoms with Crippen molar-refractivity contribution < 1.29 is 0 Å². The van der Waals surface area contributed by atoms with E-state index >= 15 is 0 Å². The first-order valence-corrected chi connectivity index (χ1v) is 6.53. The Hall–Kier alpha value is -2.44. The second-order valence-electron chi connectivity index (χ2n) is 4.43. The summed E-state index contributed by atoms with van der Waals surface area (Å²) in [5.41, 5.74) is 2.55. The van der Waals surface area contributed by atoms with Gasteiger partial charge in [-0.3, -0.25) is 0 Å². The number of rotatable bonds is 2. The fourth-order valence-electron chi connectivity index (χ4n) is 2.24. The van der Waals surface area contributed by atoms with Crippen molar-refractivity contribution in [2.75, 3.05) is 0 Å². The van der Waals surface area contributed by atoms with Crippen molar-refractivity contribution >= 4 is 22.5 Å². The maximum absolute atomic E-state index is 9.53. The van der Waals surface area contributed by atoms with E-state index in [0.717, 1.165) is 22.0 Å². The lowest BCUT2D eigenvalue weighted by atomic mass is 9.91. The van der Waals surface area contributed by atoms with E-state index in [1.165, 1.54) is 0 Å². The van der Waals surface area contributed by atoms with E-state index in [2.05, 4.69) is 16.3 Å². The zero-order valence-corrected chi connectivity index (χ0v) is 11.2. The smallest absolute Gasteiger partial charge is 0.0984 e. The molecule has 0 spiro atoms. The van der Waals surface area contributed by atoms with Crippen LogP contribution in [0.4, 0.5) is 0 Å². The van der Waals surface area contributed by atoms with E-state index in [1.807, 2.05) is 36.4 Å². The first-order valence-electron chi connectivity index (χ1n) is 6.15. The molecule has 0 saturated carbocycles. The highest BCUT2D eigenvalue weighted by Crippen LogP contribution is 2.29. The summed E-state index contributed by atoms with van der Waals surface area (Å²) in [5, 5.41) is 19.2. The Bertz CT molecular complexity index is 785. The normalized spacial score (nSPS) is 12.0. The lowest BCUT2D eigenvalue weighted by Gasteiger charge is -2.11. The van der Waals surface area contributed by atoms with Crippen molar-refractivity contribution in [1.29, 1.82) is 5.26 Å². The predicted molar refractivity (Wildman–Crippen MR) is 78.4 cm³/mol. The number of benzene rings is 2. The molecule has 0 bridgehead atoms. The fraction of sp³-hybridized carbons (Fsp3) is 0.0625. The first kappa shape index (κ1) is 12.6. The summed E-state index contributed by atoms with van der Waals surface area (Å²) in [5.74, 6) is -0.382. The second-order valence-corrected chi connectivity index (χ2v) is 4.87. The van der Waals surface area contributed by atoms with Gasteiger partial charge in [-0.05, 0) is 23.8 Å².